The fourth-order valence-electron chi connectivity index (χ4n) is 1.68. The van der Waals surface area contributed by atoms with Crippen molar-refractivity contribution < 1.29 is 9.47 Å². The molecule has 0 aliphatic heterocycles. The van der Waals surface area contributed by atoms with Gasteiger partial charge in [0.1, 0.15) is 6.33 Å². The van der Waals surface area contributed by atoms with Crippen LogP contribution in [0.2, 0.25) is 0 Å². The molecule has 0 aliphatic carbocycles. The second-order valence-corrected chi connectivity index (χ2v) is 4.58. The zero-order valence-electron chi connectivity index (χ0n) is 11.0. The standard InChI is InChI=1S/C11H17N5O2/c1-11(2,18-4)5-16-8-7(15-10(16)12)9(17-3)14-6-13-8/h6H,5H2,1-4H3,(H2,12,15). The average molecular weight is 251 g/mol. The molecule has 0 atom stereocenters. The van der Waals surface area contributed by atoms with Gasteiger partial charge in [0, 0.05) is 7.11 Å². The van der Waals surface area contributed by atoms with Gasteiger partial charge >= 0.3 is 0 Å². The van der Waals surface area contributed by atoms with Crippen molar-refractivity contribution in [1.82, 2.24) is 19.5 Å². The molecule has 0 aliphatic rings. The molecule has 0 saturated carbocycles. The third-order valence-corrected chi connectivity index (χ3v) is 2.81. The Balaban J connectivity index is 2.54. The molecule has 7 nitrogen and oxygen atoms in total. The van der Waals surface area contributed by atoms with Crippen molar-refractivity contribution >= 4 is 17.1 Å². The lowest BCUT2D eigenvalue weighted by Crippen LogP contribution is -2.29. The minimum absolute atomic E-state index is 0.361. The molecule has 98 valence electrons. The van der Waals surface area contributed by atoms with Gasteiger partial charge in [0.15, 0.2) is 11.2 Å². The molecule has 2 aromatic heterocycles. The zero-order chi connectivity index (χ0) is 13.3. The predicted octanol–water partition coefficient (Wildman–Crippen LogP) is 0.842. The third kappa shape index (κ3) is 2.08. The van der Waals surface area contributed by atoms with E-state index in [1.54, 1.807) is 11.7 Å². The van der Waals surface area contributed by atoms with Gasteiger partial charge in [-0.1, -0.05) is 0 Å². The molecule has 0 unspecified atom stereocenters. The van der Waals surface area contributed by atoms with Crippen LogP contribution in [0.25, 0.3) is 11.2 Å². The first kappa shape index (κ1) is 12.6. The average Bonchev–Trinajstić information content (AvgIpc) is 2.66. The van der Waals surface area contributed by atoms with Crippen LogP contribution in [0.3, 0.4) is 0 Å². The molecule has 2 rings (SSSR count). The summed E-state index contributed by atoms with van der Waals surface area (Å²) in [5.41, 5.74) is 6.75. The Hall–Kier alpha value is -1.89. The van der Waals surface area contributed by atoms with Crippen LogP contribution < -0.4 is 10.5 Å². The maximum atomic E-state index is 5.91. The van der Waals surface area contributed by atoms with Crippen molar-refractivity contribution in [3.63, 3.8) is 0 Å². The van der Waals surface area contributed by atoms with Gasteiger partial charge in [0.2, 0.25) is 11.8 Å². The summed E-state index contributed by atoms with van der Waals surface area (Å²) < 4.78 is 12.3. The first-order valence-electron chi connectivity index (χ1n) is 5.54. The van der Waals surface area contributed by atoms with E-state index in [9.17, 15) is 0 Å². The Morgan fingerprint density at radius 3 is 2.67 bits per heavy atom. The van der Waals surface area contributed by atoms with E-state index in [1.165, 1.54) is 13.4 Å². The summed E-state index contributed by atoms with van der Waals surface area (Å²) in [5.74, 6) is 0.787. The summed E-state index contributed by atoms with van der Waals surface area (Å²) in [5, 5.41) is 0. The maximum Gasteiger partial charge on any atom is 0.245 e. The number of nitrogens with two attached hydrogens (primary N) is 1. The van der Waals surface area contributed by atoms with Gasteiger partial charge in [-0.2, -0.15) is 4.98 Å². The Kier molecular flexibility index (Phi) is 3.08. The van der Waals surface area contributed by atoms with Crippen molar-refractivity contribution in [3.8, 4) is 5.88 Å². The number of anilines is 1. The third-order valence-electron chi connectivity index (χ3n) is 2.81. The van der Waals surface area contributed by atoms with Crippen molar-refractivity contribution in [2.75, 3.05) is 20.0 Å². The van der Waals surface area contributed by atoms with Crippen molar-refractivity contribution in [1.29, 1.82) is 0 Å². The number of methoxy groups -OCH3 is 2. The molecule has 2 aromatic rings. The summed E-state index contributed by atoms with van der Waals surface area (Å²) in [6.07, 6.45) is 1.43. The highest BCUT2D eigenvalue weighted by Gasteiger charge is 2.22. The van der Waals surface area contributed by atoms with Gasteiger partial charge in [0.05, 0.1) is 19.3 Å². The molecule has 2 N–H and O–H groups in total. The van der Waals surface area contributed by atoms with E-state index in [0.717, 1.165) is 0 Å². The Bertz CT molecular complexity index is 564. The fraction of sp³-hybridized carbons (Fsp3) is 0.545. The molecule has 7 heteroatoms. The minimum Gasteiger partial charge on any atom is -0.479 e. The molecule has 0 amide bonds. The molecule has 0 radical (unpaired) electrons. The number of nitrogen functional groups attached to an aromatic ring is 1. The Morgan fingerprint density at radius 1 is 1.33 bits per heavy atom. The van der Waals surface area contributed by atoms with E-state index in [4.69, 9.17) is 15.2 Å². The molecule has 0 spiro atoms. The van der Waals surface area contributed by atoms with E-state index < -0.39 is 0 Å². The number of nitrogens with zero attached hydrogens (tertiary/aromatic N) is 4. The second-order valence-electron chi connectivity index (χ2n) is 4.58. The van der Waals surface area contributed by atoms with E-state index in [2.05, 4.69) is 15.0 Å². The van der Waals surface area contributed by atoms with Crippen LogP contribution in [0.4, 0.5) is 5.95 Å². The van der Waals surface area contributed by atoms with Crippen molar-refractivity contribution in [3.05, 3.63) is 6.33 Å². The monoisotopic (exact) mass is 251 g/mol. The van der Waals surface area contributed by atoms with Crippen LogP contribution in [-0.2, 0) is 11.3 Å². The zero-order valence-corrected chi connectivity index (χ0v) is 11.0. The van der Waals surface area contributed by atoms with E-state index in [0.29, 0.717) is 29.5 Å². The Labute approximate surface area is 105 Å². The minimum atomic E-state index is -0.361. The van der Waals surface area contributed by atoms with Gasteiger partial charge in [-0.25, -0.2) is 9.97 Å². The van der Waals surface area contributed by atoms with Gasteiger partial charge in [-0.3, -0.25) is 4.57 Å². The van der Waals surface area contributed by atoms with Crippen LogP contribution in [0.15, 0.2) is 6.33 Å². The highest BCUT2D eigenvalue weighted by Crippen LogP contribution is 2.24. The van der Waals surface area contributed by atoms with Crippen LogP contribution in [0, 0.1) is 0 Å². The topological polar surface area (TPSA) is 88.1 Å². The number of imidazole rings is 1. The van der Waals surface area contributed by atoms with Crippen LogP contribution in [0.1, 0.15) is 13.8 Å². The molecular formula is C11H17N5O2. The first-order chi connectivity index (χ1) is 8.48. The molecule has 18 heavy (non-hydrogen) atoms. The number of ether oxygens (including phenoxy) is 2. The highest BCUT2D eigenvalue weighted by molar-refractivity contribution is 5.78. The molecule has 0 fully saturated rings. The predicted molar refractivity (Wildman–Crippen MR) is 67.4 cm³/mol. The highest BCUT2D eigenvalue weighted by atomic mass is 16.5. The van der Waals surface area contributed by atoms with Gasteiger partial charge in [0.25, 0.3) is 0 Å². The van der Waals surface area contributed by atoms with Gasteiger partial charge in [-0.15, -0.1) is 0 Å². The maximum absolute atomic E-state index is 5.91. The molecular weight excluding hydrogens is 234 g/mol. The largest absolute Gasteiger partial charge is 0.479 e. The lowest BCUT2D eigenvalue weighted by atomic mass is 10.1. The normalized spacial score (nSPS) is 12.0. The SMILES string of the molecule is COc1ncnc2c1nc(N)n2CC(C)(C)OC. The smallest absolute Gasteiger partial charge is 0.245 e. The number of rotatable bonds is 4. The Morgan fingerprint density at radius 2 is 2.06 bits per heavy atom. The van der Waals surface area contributed by atoms with Crippen molar-refractivity contribution in [2.45, 2.75) is 26.0 Å². The number of aromatic nitrogens is 4. The molecule has 0 bridgehead atoms. The van der Waals surface area contributed by atoms with E-state index in [-0.39, 0.29) is 5.60 Å². The lowest BCUT2D eigenvalue weighted by molar-refractivity contribution is 0.00935. The van der Waals surface area contributed by atoms with Gasteiger partial charge < -0.3 is 15.2 Å². The van der Waals surface area contributed by atoms with Crippen LogP contribution in [0.5, 0.6) is 5.88 Å². The summed E-state index contributed by atoms with van der Waals surface area (Å²) in [6, 6.07) is 0. The van der Waals surface area contributed by atoms with Crippen molar-refractivity contribution in [2.24, 2.45) is 0 Å². The summed E-state index contributed by atoms with van der Waals surface area (Å²) in [6.45, 7) is 4.49. The number of hydrogen-bond acceptors (Lipinski definition) is 6. The van der Waals surface area contributed by atoms with Crippen LogP contribution >= 0.6 is 0 Å². The molecule has 0 saturated heterocycles. The number of fused-ring (bicyclic) bond motifs is 1. The first-order valence-corrected chi connectivity index (χ1v) is 5.54. The molecule has 2 heterocycles. The molecule has 0 aromatic carbocycles. The summed E-state index contributed by atoms with van der Waals surface area (Å²) >= 11 is 0. The summed E-state index contributed by atoms with van der Waals surface area (Å²) in [4.78, 5) is 12.4. The quantitative estimate of drug-likeness (QED) is 0.866. The summed E-state index contributed by atoms with van der Waals surface area (Å²) in [7, 11) is 3.20. The van der Waals surface area contributed by atoms with Gasteiger partial charge in [-0.05, 0) is 13.8 Å². The van der Waals surface area contributed by atoms with E-state index >= 15 is 0 Å². The number of hydrogen-bond donors (Lipinski definition) is 1. The van der Waals surface area contributed by atoms with E-state index in [1.807, 2.05) is 13.8 Å². The lowest BCUT2D eigenvalue weighted by Gasteiger charge is -2.23. The fourth-order valence-corrected chi connectivity index (χ4v) is 1.68. The van der Waals surface area contributed by atoms with Crippen LogP contribution in [-0.4, -0.2) is 39.3 Å². The second kappa shape index (κ2) is 4.41.